The Morgan fingerprint density at radius 1 is 1.00 bits per heavy atom. The summed E-state index contributed by atoms with van der Waals surface area (Å²) in [7, 11) is 2.17. The number of carbonyl (C=O) groups excluding carboxylic acids is 2. The average molecular weight is 489 g/mol. The van der Waals surface area contributed by atoms with Gasteiger partial charge in [-0.25, -0.2) is 14.3 Å². The fourth-order valence-corrected chi connectivity index (χ4v) is 3.21. The van der Waals surface area contributed by atoms with Gasteiger partial charge in [-0.1, -0.05) is 41.4 Å². The van der Waals surface area contributed by atoms with Crippen LogP contribution in [0.25, 0.3) is 16.9 Å². The number of aromatic nitrogens is 2. The summed E-state index contributed by atoms with van der Waals surface area (Å²) in [5.41, 5.74) is -0.564. The number of carbonyl (C=O) groups is 2. The highest BCUT2D eigenvalue weighted by molar-refractivity contribution is 6.43. The topological polar surface area (TPSA) is 79.7 Å². The van der Waals surface area contributed by atoms with Crippen LogP contribution in [0.3, 0.4) is 0 Å². The average Bonchev–Trinajstić information content (AvgIpc) is 3.16. The van der Waals surface area contributed by atoms with Crippen LogP contribution < -0.4 is 4.74 Å². The molecule has 1 aromatic heterocycles. The van der Waals surface area contributed by atoms with E-state index in [0.717, 1.165) is 25.0 Å². The van der Waals surface area contributed by atoms with Crippen LogP contribution in [0.4, 0.5) is 13.2 Å². The first kappa shape index (κ1) is 23.4. The second kappa shape index (κ2) is 9.09. The molecule has 0 fully saturated rings. The Kier molecular flexibility index (Phi) is 6.65. The molecule has 3 rings (SSSR count). The van der Waals surface area contributed by atoms with Crippen LogP contribution in [-0.4, -0.2) is 42.3 Å². The van der Waals surface area contributed by atoms with Crippen molar-refractivity contribution in [1.29, 1.82) is 0 Å². The maximum absolute atomic E-state index is 12.8. The summed E-state index contributed by atoms with van der Waals surface area (Å²) in [5, 5.41) is 3.48. The molecule has 3 aromatic rings. The van der Waals surface area contributed by atoms with E-state index in [9.17, 15) is 22.8 Å². The SMILES string of the molecule is COC(=O)c1c(-c2cc(Cl)c(Cl)c(OC(F)(F)F)c2)nn(-c2ccccc2)c1C(=O)OC. The molecule has 0 saturated carbocycles. The van der Waals surface area contributed by atoms with E-state index in [4.69, 9.17) is 32.7 Å². The van der Waals surface area contributed by atoms with Gasteiger partial charge < -0.3 is 14.2 Å². The highest BCUT2D eigenvalue weighted by atomic mass is 35.5. The molecule has 1 heterocycles. The standard InChI is InChI=1S/C20H13Cl2F3N2O5/c1-30-18(28)14-16(10-8-12(21)15(22)13(9-10)32-20(23,24)25)26-27(17(14)19(29)31-2)11-6-4-3-5-7-11/h3-9H,1-2H3. The zero-order valence-electron chi connectivity index (χ0n) is 16.4. The molecule has 32 heavy (non-hydrogen) atoms. The molecule has 2 aromatic carbocycles. The monoisotopic (exact) mass is 488 g/mol. The summed E-state index contributed by atoms with van der Waals surface area (Å²) in [4.78, 5) is 25.2. The van der Waals surface area contributed by atoms with Gasteiger partial charge in [0.15, 0.2) is 5.69 Å². The van der Waals surface area contributed by atoms with Gasteiger partial charge >= 0.3 is 18.3 Å². The van der Waals surface area contributed by atoms with E-state index in [2.05, 4.69) is 9.84 Å². The van der Waals surface area contributed by atoms with E-state index in [1.165, 1.54) is 6.07 Å². The lowest BCUT2D eigenvalue weighted by atomic mass is 10.1. The van der Waals surface area contributed by atoms with Crippen molar-refractivity contribution in [3.8, 4) is 22.7 Å². The Morgan fingerprint density at radius 3 is 2.19 bits per heavy atom. The number of para-hydroxylation sites is 1. The Bertz CT molecular complexity index is 1180. The van der Waals surface area contributed by atoms with E-state index in [1.807, 2.05) is 0 Å². The molecule has 0 aliphatic carbocycles. The van der Waals surface area contributed by atoms with Crippen molar-refractivity contribution in [2.24, 2.45) is 0 Å². The molecule has 0 radical (unpaired) electrons. The van der Waals surface area contributed by atoms with Crippen LogP contribution in [-0.2, 0) is 9.47 Å². The molecule has 0 saturated heterocycles. The van der Waals surface area contributed by atoms with Crippen LogP contribution in [0.5, 0.6) is 5.75 Å². The molecule has 168 valence electrons. The summed E-state index contributed by atoms with van der Waals surface area (Å²) in [6.45, 7) is 0. The second-order valence-electron chi connectivity index (χ2n) is 6.12. The molecule has 0 atom stereocenters. The smallest absolute Gasteiger partial charge is 0.465 e. The van der Waals surface area contributed by atoms with Crippen molar-refractivity contribution in [1.82, 2.24) is 9.78 Å². The Balaban J connectivity index is 2.35. The lowest BCUT2D eigenvalue weighted by molar-refractivity contribution is -0.274. The van der Waals surface area contributed by atoms with Crippen molar-refractivity contribution in [2.75, 3.05) is 14.2 Å². The van der Waals surface area contributed by atoms with E-state index in [1.54, 1.807) is 30.3 Å². The van der Waals surface area contributed by atoms with Gasteiger partial charge in [-0.3, -0.25) is 0 Å². The number of benzene rings is 2. The molecule has 12 heteroatoms. The molecule has 0 spiro atoms. The summed E-state index contributed by atoms with van der Waals surface area (Å²) >= 11 is 11.8. The van der Waals surface area contributed by atoms with Gasteiger partial charge in [0.05, 0.1) is 24.9 Å². The Labute approximate surface area is 189 Å². The first-order chi connectivity index (χ1) is 15.1. The van der Waals surface area contributed by atoms with E-state index in [-0.39, 0.29) is 27.5 Å². The third-order valence-corrected chi connectivity index (χ3v) is 4.93. The van der Waals surface area contributed by atoms with Crippen molar-refractivity contribution < 1.29 is 37.0 Å². The fourth-order valence-electron chi connectivity index (χ4n) is 2.86. The van der Waals surface area contributed by atoms with E-state index in [0.29, 0.717) is 5.69 Å². The Hall–Kier alpha value is -3.24. The minimum Gasteiger partial charge on any atom is -0.465 e. The number of hydrogen-bond acceptors (Lipinski definition) is 6. The van der Waals surface area contributed by atoms with Gasteiger partial charge in [0.1, 0.15) is 22.0 Å². The number of nitrogens with zero attached hydrogens (tertiary/aromatic N) is 2. The van der Waals surface area contributed by atoms with Crippen molar-refractivity contribution >= 4 is 35.1 Å². The third-order valence-electron chi connectivity index (χ3n) is 4.15. The number of ether oxygens (including phenoxy) is 3. The second-order valence-corrected chi connectivity index (χ2v) is 6.91. The first-order valence-corrected chi connectivity index (χ1v) is 9.43. The molecule has 0 aliphatic heterocycles. The summed E-state index contributed by atoms with van der Waals surface area (Å²) in [6.07, 6.45) is -5.06. The van der Waals surface area contributed by atoms with Crippen molar-refractivity contribution in [3.63, 3.8) is 0 Å². The molecule has 0 N–H and O–H groups in total. The molecule has 0 bridgehead atoms. The summed E-state index contributed by atoms with van der Waals surface area (Å²) in [6, 6.07) is 10.3. The first-order valence-electron chi connectivity index (χ1n) is 8.67. The molecule has 0 amide bonds. The van der Waals surface area contributed by atoms with Crippen molar-refractivity contribution in [3.05, 3.63) is 63.8 Å². The fraction of sp³-hybridized carbons (Fsp3) is 0.150. The molecule has 0 aliphatic rings. The van der Waals surface area contributed by atoms with Gasteiger partial charge in [0.25, 0.3) is 0 Å². The predicted octanol–water partition coefficient (Wildman–Crippen LogP) is 5.32. The molecular weight excluding hydrogens is 476 g/mol. The molecular formula is C20H13Cl2F3N2O5. The van der Waals surface area contributed by atoms with Crippen LogP contribution in [0.1, 0.15) is 20.8 Å². The number of methoxy groups -OCH3 is 2. The highest BCUT2D eigenvalue weighted by Gasteiger charge is 2.35. The quantitative estimate of drug-likeness (QED) is 0.452. The van der Waals surface area contributed by atoms with Crippen LogP contribution >= 0.6 is 23.2 Å². The van der Waals surface area contributed by atoms with E-state index < -0.39 is 29.1 Å². The maximum Gasteiger partial charge on any atom is 0.573 e. The minimum atomic E-state index is -5.06. The zero-order valence-corrected chi connectivity index (χ0v) is 17.9. The lowest BCUT2D eigenvalue weighted by Gasteiger charge is -2.13. The minimum absolute atomic E-state index is 0.0844. The van der Waals surface area contributed by atoms with Gasteiger partial charge in [0, 0.05) is 5.56 Å². The number of esters is 2. The van der Waals surface area contributed by atoms with Crippen LogP contribution in [0, 0.1) is 0 Å². The third kappa shape index (κ3) is 4.66. The largest absolute Gasteiger partial charge is 0.573 e. The highest BCUT2D eigenvalue weighted by Crippen LogP contribution is 2.40. The van der Waals surface area contributed by atoms with Gasteiger partial charge in [-0.2, -0.15) is 5.10 Å². The zero-order chi connectivity index (χ0) is 23.6. The normalized spacial score (nSPS) is 11.2. The lowest BCUT2D eigenvalue weighted by Crippen LogP contribution is -2.17. The van der Waals surface area contributed by atoms with Gasteiger partial charge in [0.2, 0.25) is 0 Å². The number of halogens is 5. The van der Waals surface area contributed by atoms with Crippen LogP contribution in [0.15, 0.2) is 42.5 Å². The number of alkyl halides is 3. The maximum atomic E-state index is 12.8. The molecule has 0 unspecified atom stereocenters. The van der Waals surface area contributed by atoms with Gasteiger partial charge in [-0.05, 0) is 24.3 Å². The predicted molar refractivity (Wildman–Crippen MR) is 108 cm³/mol. The van der Waals surface area contributed by atoms with E-state index >= 15 is 0 Å². The number of hydrogen-bond donors (Lipinski definition) is 0. The number of rotatable bonds is 5. The summed E-state index contributed by atoms with van der Waals surface area (Å²) in [5.74, 6) is -2.72. The van der Waals surface area contributed by atoms with Crippen molar-refractivity contribution in [2.45, 2.75) is 6.36 Å². The van der Waals surface area contributed by atoms with Crippen LogP contribution in [0.2, 0.25) is 10.0 Å². The summed E-state index contributed by atoms with van der Waals surface area (Å²) < 4.78 is 53.0. The van der Waals surface area contributed by atoms with Gasteiger partial charge in [-0.15, -0.1) is 13.2 Å². The Morgan fingerprint density at radius 2 is 1.62 bits per heavy atom. The molecule has 7 nitrogen and oxygen atoms in total.